The number of fused-ring (bicyclic) bond motifs is 1. The number of nitrogens with zero attached hydrogens (tertiary/aromatic N) is 3. The second-order valence-corrected chi connectivity index (χ2v) is 5.09. The SMILES string of the molecule is Nc1nc(Cc2ccccc2Cl)c2nc(Cl)ccc2n1. The third kappa shape index (κ3) is 2.53. The molecule has 0 saturated heterocycles. The lowest BCUT2D eigenvalue weighted by Crippen LogP contribution is -2.03. The predicted molar refractivity (Wildman–Crippen MR) is 81.0 cm³/mol. The van der Waals surface area contributed by atoms with Crippen LogP contribution in [0.1, 0.15) is 11.3 Å². The zero-order chi connectivity index (χ0) is 14.1. The summed E-state index contributed by atoms with van der Waals surface area (Å²) in [6.07, 6.45) is 0.524. The molecule has 4 nitrogen and oxygen atoms in total. The van der Waals surface area contributed by atoms with Crippen LogP contribution in [0.4, 0.5) is 5.95 Å². The Kier molecular flexibility index (Phi) is 3.42. The molecule has 0 unspecified atom stereocenters. The van der Waals surface area contributed by atoms with Gasteiger partial charge in [0.25, 0.3) is 0 Å². The number of aromatic nitrogens is 3. The van der Waals surface area contributed by atoms with Crippen molar-refractivity contribution in [1.82, 2.24) is 15.0 Å². The molecule has 2 aromatic heterocycles. The Hall–Kier alpha value is -1.91. The smallest absolute Gasteiger partial charge is 0.220 e. The van der Waals surface area contributed by atoms with Gasteiger partial charge in [0.05, 0.1) is 11.2 Å². The molecule has 2 heterocycles. The highest BCUT2D eigenvalue weighted by Crippen LogP contribution is 2.23. The number of pyridine rings is 1. The Balaban J connectivity index is 2.15. The zero-order valence-electron chi connectivity index (χ0n) is 10.3. The van der Waals surface area contributed by atoms with Crippen molar-refractivity contribution in [3.05, 3.63) is 57.8 Å². The third-order valence-electron chi connectivity index (χ3n) is 2.91. The van der Waals surface area contributed by atoms with Gasteiger partial charge in [0.2, 0.25) is 5.95 Å². The lowest BCUT2D eigenvalue weighted by atomic mass is 10.1. The molecule has 0 aliphatic rings. The third-order valence-corrected chi connectivity index (χ3v) is 3.49. The topological polar surface area (TPSA) is 64.7 Å². The van der Waals surface area contributed by atoms with Gasteiger partial charge in [-0.1, -0.05) is 41.4 Å². The monoisotopic (exact) mass is 304 g/mol. The van der Waals surface area contributed by atoms with Crippen LogP contribution in [0.5, 0.6) is 0 Å². The van der Waals surface area contributed by atoms with E-state index >= 15 is 0 Å². The second-order valence-electron chi connectivity index (χ2n) is 4.30. The van der Waals surface area contributed by atoms with Gasteiger partial charge in [-0.25, -0.2) is 15.0 Å². The van der Waals surface area contributed by atoms with E-state index in [9.17, 15) is 0 Å². The van der Waals surface area contributed by atoms with E-state index in [1.165, 1.54) is 0 Å². The molecule has 0 spiro atoms. The molecule has 0 saturated carbocycles. The summed E-state index contributed by atoms with van der Waals surface area (Å²) in [5, 5.41) is 1.08. The summed E-state index contributed by atoms with van der Waals surface area (Å²) in [5.41, 5.74) is 8.72. The molecule has 0 radical (unpaired) electrons. The van der Waals surface area contributed by atoms with Gasteiger partial charge in [-0.15, -0.1) is 0 Å². The molecule has 0 aliphatic heterocycles. The molecule has 0 fully saturated rings. The molecule has 6 heteroatoms. The Labute approximate surface area is 125 Å². The van der Waals surface area contributed by atoms with Crippen molar-refractivity contribution in [1.29, 1.82) is 0 Å². The van der Waals surface area contributed by atoms with Gasteiger partial charge >= 0.3 is 0 Å². The average Bonchev–Trinajstić information content (AvgIpc) is 2.42. The van der Waals surface area contributed by atoms with Crippen LogP contribution in [-0.4, -0.2) is 15.0 Å². The Morgan fingerprint density at radius 1 is 0.950 bits per heavy atom. The average molecular weight is 305 g/mol. The van der Waals surface area contributed by atoms with E-state index in [0.29, 0.717) is 33.3 Å². The van der Waals surface area contributed by atoms with Crippen LogP contribution in [0, 0.1) is 0 Å². The normalized spacial score (nSPS) is 10.9. The standard InChI is InChI=1S/C14H10Cl2N4/c15-9-4-2-1-3-8(9)7-11-13-10(18-14(17)19-11)5-6-12(16)20-13/h1-6H,7H2,(H2,17,18,19). The maximum absolute atomic E-state index is 6.18. The Bertz CT molecular complexity index is 789. The van der Waals surface area contributed by atoms with Gasteiger partial charge in [0, 0.05) is 11.4 Å². The van der Waals surface area contributed by atoms with Crippen molar-refractivity contribution in [3.8, 4) is 0 Å². The van der Waals surface area contributed by atoms with Crippen LogP contribution in [0.25, 0.3) is 11.0 Å². The molecule has 1 aromatic carbocycles. The van der Waals surface area contributed by atoms with E-state index in [2.05, 4.69) is 15.0 Å². The minimum absolute atomic E-state index is 0.212. The van der Waals surface area contributed by atoms with Crippen molar-refractivity contribution in [2.75, 3.05) is 5.73 Å². The molecule has 0 amide bonds. The van der Waals surface area contributed by atoms with E-state index < -0.39 is 0 Å². The Morgan fingerprint density at radius 2 is 1.75 bits per heavy atom. The zero-order valence-corrected chi connectivity index (χ0v) is 11.9. The summed E-state index contributed by atoms with van der Waals surface area (Å²) in [4.78, 5) is 12.7. The van der Waals surface area contributed by atoms with Crippen LogP contribution in [0.3, 0.4) is 0 Å². The summed E-state index contributed by atoms with van der Waals surface area (Å²) in [5.74, 6) is 0.212. The predicted octanol–water partition coefficient (Wildman–Crippen LogP) is 3.50. The van der Waals surface area contributed by atoms with E-state index in [-0.39, 0.29) is 5.95 Å². The molecule has 3 aromatic rings. The quantitative estimate of drug-likeness (QED) is 0.736. The van der Waals surface area contributed by atoms with Crippen molar-refractivity contribution >= 4 is 40.2 Å². The number of rotatable bonds is 2. The summed E-state index contributed by atoms with van der Waals surface area (Å²) >= 11 is 12.1. The summed E-state index contributed by atoms with van der Waals surface area (Å²) < 4.78 is 0. The maximum atomic E-state index is 6.18. The van der Waals surface area contributed by atoms with Gasteiger partial charge in [-0.05, 0) is 23.8 Å². The molecule has 3 rings (SSSR count). The highest BCUT2D eigenvalue weighted by atomic mass is 35.5. The summed E-state index contributed by atoms with van der Waals surface area (Å²) in [6.45, 7) is 0. The summed E-state index contributed by atoms with van der Waals surface area (Å²) in [6, 6.07) is 11.0. The van der Waals surface area contributed by atoms with Crippen LogP contribution in [-0.2, 0) is 6.42 Å². The molecule has 0 bridgehead atoms. The van der Waals surface area contributed by atoms with Crippen molar-refractivity contribution in [2.24, 2.45) is 0 Å². The number of hydrogen-bond donors (Lipinski definition) is 1. The van der Waals surface area contributed by atoms with Gasteiger partial charge < -0.3 is 5.73 Å². The van der Waals surface area contributed by atoms with E-state index in [1.807, 2.05) is 24.3 Å². The van der Waals surface area contributed by atoms with Gasteiger partial charge in [-0.3, -0.25) is 0 Å². The first-order valence-electron chi connectivity index (χ1n) is 5.95. The Morgan fingerprint density at radius 3 is 2.55 bits per heavy atom. The maximum Gasteiger partial charge on any atom is 0.220 e. The number of anilines is 1. The van der Waals surface area contributed by atoms with Crippen LogP contribution in [0.15, 0.2) is 36.4 Å². The van der Waals surface area contributed by atoms with Gasteiger partial charge in [0.1, 0.15) is 10.7 Å². The fourth-order valence-electron chi connectivity index (χ4n) is 2.02. The lowest BCUT2D eigenvalue weighted by Gasteiger charge is -2.07. The second kappa shape index (κ2) is 5.23. The fraction of sp³-hybridized carbons (Fsp3) is 0.0714. The van der Waals surface area contributed by atoms with Crippen molar-refractivity contribution < 1.29 is 0 Å². The molecule has 0 atom stereocenters. The van der Waals surface area contributed by atoms with Crippen LogP contribution < -0.4 is 5.73 Å². The first-order valence-corrected chi connectivity index (χ1v) is 6.71. The summed E-state index contributed by atoms with van der Waals surface area (Å²) in [7, 11) is 0. The van der Waals surface area contributed by atoms with E-state index in [0.717, 1.165) is 5.56 Å². The number of nitrogens with two attached hydrogens (primary N) is 1. The first-order chi connectivity index (χ1) is 9.63. The fourth-order valence-corrected chi connectivity index (χ4v) is 2.37. The molecular formula is C14H10Cl2N4. The number of hydrogen-bond acceptors (Lipinski definition) is 4. The van der Waals surface area contributed by atoms with E-state index in [4.69, 9.17) is 28.9 Å². The molecule has 0 aliphatic carbocycles. The highest BCUT2D eigenvalue weighted by molar-refractivity contribution is 6.31. The molecular weight excluding hydrogens is 295 g/mol. The van der Waals surface area contributed by atoms with Crippen LogP contribution in [0.2, 0.25) is 10.2 Å². The number of halogens is 2. The number of nitrogen functional groups attached to an aromatic ring is 1. The number of benzene rings is 1. The largest absolute Gasteiger partial charge is 0.368 e. The van der Waals surface area contributed by atoms with E-state index in [1.54, 1.807) is 12.1 Å². The van der Waals surface area contributed by atoms with Crippen molar-refractivity contribution in [2.45, 2.75) is 6.42 Å². The molecule has 100 valence electrons. The van der Waals surface area contributed by atoms with Crippen LogP contribution >= 0.6 is 23.2 Å². The lowest BCUT2D eigenvalue weighted by molar-refractivity contribution is 1.06. The van der Waals surface area contributed by atoms with Gasteiger partial charge in [0.15, 0.2) is 0 Å². The highest BCUT2D eigenvalue weighted by Gasteiger charge is 2.10. The van der Waals surface area contributed by atoms with Crippen molar-refractivity contribution in [3.63, 3.8) is 0 Å². The first kappa shape index (κ1) is 13.1. The minimum Gasteiger partial charge on any atom is -0.368 e. The minimum atomic E-state index is 0.212. The molecule has 2 N–H and O–H groups in total. The van der Waals surface area contributed by atoms with Gasteiger partial charge in [-0.2, -0.15) is 0 Å². The molecule has 20 heavy (non-hydrogen) atoms.